The molecular formula is C14H13ClN2O2. The molecule has 0 saturated carbocycles. The first-order valence-electron chi connectivity index (χ1n) is 5.72. The number of methoxy groups -OCH3 is 1. The maximum atomic E-state index is 11.8. The van der Waals surface area contributed by atoms with Crippen LogP contribution < -0.4 is 10.1 Å². The number of carbonyl (C=O) groups excluding carboxylic acids is 1. The van der Waals surface area contributed by atoms with Crippen molar-refractivity contribution >= 4 is 23.3 Å². The minimum atomic E-state index is -0.161. The third kappa shape index (κ3) is 3.69. The van der Waals surface area contributed by atoms with Crippen molar-refractivity contribution in [3.8, 4) is 5.75 Å². The average Bonchev–Trinajstić information content (AvgIpc) is 2.42. The summed E-state index contributed by atoms with van der Waals surface area (Å²) < 4.78 is 5.06. The van der Waals surface area contributed by atoms with E-state index in [0.717, 1.165) is 5.56 Å². The summed E-state index contributed by atoms with van der Waals surface area (Å²) in [6.45, 7) is 0. The van der Waals surface area contributed by atoms with E-state index in [1.54, 1.807) is 43.6 Å². The molecule has 0 aliphatic carbocycles. The average molecular weight is 277 g/mol. The Kier molecular flexibility index (Phi) is 4.36. The van der Waals surface area contributed by atoms with Crippen molar-refractivity contribution in [3.63, 3.8) is 0 Å². The fourth-order valence-corrected chi connectivity index (χ4v) is 1.83. The third-order valence-electron chi connectivity index (χ3n) is 2.54. The van der Waals surface area contributed by atoms with Gasteiger partial charge in [-0.05, 0) is 29.8 Å². The molecule has 1 aromatic heterocycles. The van der Waals surface area contributed by atoms with Crippen LogP contribution >= 0.6 is 11.6 Å². The highest BCUT2D eigenvalue weighted by atomic mass is 35.5. The molecule has 1 N–H and O–H groups in total. The van der Waals surface area contributed by atoms with Crippen LogP contribution in [0.2, 0.25) is 5.02 Å². The van der Waals surface area contributed by atoms with Gasteiger partial charge in [-0.15, -0.1) is 0 Å². The van der Waals surface area contributed by atoms with Crippen molar-refractivity contribution in [2.45, 2.75) is 6.42 Å². The second kappa shape index (κ2) is 6.20. The monoisotopic (exact) mass is 276 g/mol. The zero-order valence-electron chi connectivity index (χ0n) is 10.4. The standard InChI is InChI=1S/C14H13ClN2O2/c1-19-11-6-5-10(12(15)9-11)8-14(18)17-13-4-2-3-7-16-13/h2-7,9H,8H2,1H3,(H,16,17,18). The Balaban J connectivity index is 2.03. The fourth-order valence-electron chi connectivity index (χ4n) is 1.60. The SMILES string of the molecule is COc1ccc(CC(=O)Nc2ccccn2)c(Cl)c1. The molecule has 0 aliphatic rings. The molecule has 0 fully saturated rings. The van der Waals surface area contributed by atoms with Crippen molar-refractivity contribution in [3.05, 3.63) is 53.2 Å². The molecule has 0 atom stereocenters. The Morgan fingerprint density at radius 3 is 2.84 bits per heavy atom. The number of pyridine rings is 1. The second-order valence-electron chi connectivity index (χ2n) is 3.90. The number of carbonyl (C=O) groups is 1. The summed E-state index contributed by atoms with van der Waals surface area (Å²) >= 11 is 6.08. The smallest absolute Gasteiger partial charge is 0.230 e. The van der Waals surface area contributed by atoms with Gasteiger partial charge in [0.2, 0.25) is 5.91 Å². The number of ether oxygens (including phenoxy) is 1. The zero-order chi connectivity index (χ0) is 13.7. The van der Waals surface area contributed by atoms with Crippen molar-refractivity contribution in [1.29, 1.82) is 0 Å². The molecule has 0 saturated heterocycles. The molecule has 0 unspecified atom stereocenters. The van der Waals surface area contributed by atoms with E-state index in [0.29, 0.717) is 16.6 Å². The minimum Gasteiger partial charge on any atom is -0.497 e. The van der Waals surface area contributed by atoms with Gasteiger partial charge in [-0.3, -0.25) is 4.79 Å². The van der Waals surface area contributed by atoms with Crippen molar-refractivity contribution < 1.29 is 9.53 Å². The van der Waals surface area contributed by atoms with Gasteiger partial charge in [0.15, 0.2) is 0 Å². The van der Waals surface area contributed by atoms with Gasteiger partial charge in [0.1, 0.15) is 11.6 Å². The van der Waals surface area contributed by atoms with Crippen LogP contribution in [-0.2, 0) is 11.2 Å². The normalized spacial score (nSPS) is 10.0. The third-order valence-corrected chi connectivity index (χ3v) is 2.90. The molecule has 0 bridgehead atoms. The molecular weight excluding hydrogens is 264 g/mol. The van der Waals surface area contributed by atoms with Crippen LogP contribution in [0, 0.1) is 0 Å². The van der Waals surface area contributed by atoms with E-state index < -0.39 is 0 Å². The number of hydrogen-bond donors (Lipinski definition) is 1. The predicted molar refractivity (Wildman–Crippen MR) is 74.6 cm³/mol. The maximum Gasteiger partial charge on any atom is 0.230 e. The predicted octanol–water partition coefficient (Wildman–Crippen LogP) is 2.92. The van der Waals surface area contributed by atoms with Crippen LogP contribution in [0.4, 0.5) is 5.82 Å². The lowest BCUT2D eigenvalue weighted by Crippen LogP contribution is -2.15. The molecule has 1 heterocycles. The Bertz CT molecular complexity index is 573. The van der Waals surface area contributed by atoms with Gasteiger partial charge < -0.3 is 10.1 Å². The first-order chi connectivity index (χ1) is 9.19. The van der Waals surface area contributed by atoms with E-state index >= 15 is 0 Å². The Morgan fingerprint density at radius 1 is 1.37 bits per heavy atom. The molecule has 5 heteroatoms. The lowest BCUT2D eigenvalue weighted by atomic mass is 10.1. The lowest BCUT2D eigenvalue weighted by molar-refractivity contribution is -0.115. The van der Waals surface area contributed by atoms with Crippen LogP contribution in [0.15, 0.2) is 42.6 Å². The van der Waals surface area contributed by atoms with Gasteiger partial charge in [0, 0.05) is 11.2 Å². The van der Waals surface area contributed by atoms with E-state index in [9.17, 15) is 4.79 Å². The van der Waals surface area contributed by atoms with Crippen LogP contribution in [0.3, 0.4) is 0 Å². The number of halogens is 1. The quantitative estimate of drug-likeness (QED) is 0.934. The van der Waals surface area contributed by atoms with Crippen molar-refractivity contribution in [2.24, 2.45) is 0 Å². The van der Waals surface area contributed by atoms with E-state index in [1.807, 2.05) is 6.07 Å². The highest BCUT2D eigenvalue weighted by molar-refractivity contribution is 6.31. The topological polar surface area (TPSA) is 51.2 Å². The molecule has 4 nitrogen and oxygen atoms in total. The first kappa shape index (κ1) is 13.4. The zero-order valence-corrected chi connectivity index (χ0v) is 11.1. The first-order valence-corrected chi connectivity index (χ1v) is 6.10. The number of nitrogens with one attached hydrogen (secondary N) is 1. The summed E-state index contributed by atoms with van der Waals surface area (Å²) in [5, 5.41) is 3.22. The molecule has 2 rings (SSSR count). The second-order valence-corrected chi connectivity index (χ2v) is 4.30. The van der Waals surface area contributed by atoms with Gasteiger partial charge in [0.05, 0.1) is 13.5 Å². The Labute approximate surface area is 116 Å². The van der Waals surface area contributed by atoms with Gasteiger partial charge >= 0.3 is 0 Å². The number of benzene rings is 1. The Hall–Kier alpha value is -2.07. The van der Waals surface area contributed by atoms with Crippen LogP contribution in [0.1, 0.15) is 5.56 Å². The molecule has 1 amide bonds. The summed E-state index contributed by atoms with van der Waals surface area (Å²) in [6, 6.07) is 10.6. The largest absolute Gasteiger partial charge is 0.497 e. The summed E-state index contributed by atoms with van der Waals surface area (Å²) in [5.41, 5.74) is 0.746. The molecule has 0 aliphatic heterocycles. The lowest BCUT2D eigenvalue weighted by Gasteiger charge is -2.07. The van der Waals surface area contributed by atoms with E-state index in [2.05, 4.69) is 10.3 Å². The highest BCUT2D eigenvalue weighted by Crippen LogP contribution is 2.22. The summed E-state index contributed by atoms with van der Waals surface area (Å²) in [7, 11) is 1.57. The number of anilines is 1. The molecule has 0 radical (unpaired) electrons. The maximum absolute atomic E-state index is 11.8. The van der Waals surface area contributed by atoms with Crippen LogP contribution in [0.5, 0.6) is 5.75 Å². The van der Waals surface area contributed by atoms with E-state index in [4.69, 9.17) is 16.3 Å². The van der Waals surface area contributed by atoms with Crippen molar-refractivity contribution in [2.75, 3.05) is 12.4 Å². The number of hydrogen-bond acceptors (Lipinski definition) is 3. The Morgan fingerprint density at radius 2 is 2.21 bits per heavy atom. The number of rotatable bonds is 4. The summed E-state index contributed by atoms with van der Waals surface area (Å²) in [4.78, 5) is 15.9. The minimum absolute atomic E-state index is 0.161. The molecule has 0 spiro atoms. The van der Waals surface area contributed by atoms with E-state index in [1.165, 1.54) is 0 Å². The summed E-state index contributed by atoms with van der Waals surface area (Å²) in [5.74, 6) is 1.03. The van der Waals surface area contributed by atoms with E-state index in [-0.39, 0.29) is 12.3 Å². The van der Waals surface area contributed by atoms with Gasteiger partial charge in [-0.1, -0.05) is 23.7 Å². The molecule has 1 aromatic carbocycles. The van der Waals surface area contributed by atoms with Crippen molar-refractivity contribution in [1.82, 2.24) is 4.98 Å². The number of nitrogens with zero attached hydrogens (tertiary/aromatic N) is 1. The fraction of sp³-hybridized carbons (Fsp3) is 0.143. The van der Waals surface area contributed by atoms with Gasteiger partial charge in [0.25, 0.3) is 0 Å². The van der Waals surface area contributed by atoms with Gasteiger partial charge in [-0.2, -0.15) is 0 Å². The molecule has 19 heavy (non-hydrogen) atoms. The van der Waals surface area contributed by atoms with Gasteiger partial charge in [-0.25, -0.2) is 4.98 Å². The molecule has 98 valence electrons. The number of amides is 1. The number of aromatic nitrogens is 1. The molecule has 2 aromatic rings. The van der Waals surface area contributed by atoms with Crippen LogP contribution in [0.25, 0.3) is 0 Å². The summed E-state index contributed by atoms with van der Waals surface area (Å²) in [6.07, 6.45) is 1.81. The van der Waals surface area contributed by atoms with Crippen LogP contribution in [-0.4, -0.2) is 18.0 Å². The highest BCUT2D eigenvalue weighted by Gasteiger charge is 2.08.